The van der Waals surface area contributed by atoms with Gasteiger partial charge in [0.2, 0.25) is 0 Å². The van der Waals surface area contributed by atoms with Crippen molar-refractivity contribution in [1.82, 2.24) is 9.96 Å². The first-order valence-electron chi connectivity index (χ1n) is 10.6. The van der Waals surface area contributed by atoms with E-state index in [-0.39, 0.29) is 5.54 Å². The van der Waals surface area contributed by atoms with Gasteiger partial charge in [0.05, 0.1) is 0 Å². The fraction of sp³-hybridized carbons (Fsp3) is 1.00. The van der Waals surface area contributed by atoms with Crippen LogP contribution in [0.2, 0.25) is 56.9 Å². The van der Waals surface area contributed by atoms with Crippen LogP contribution in [0.5, 0.6) is 0 Å². The Labute approximate surface area is 167 Å². The lowest BCUT2D eigenvalue weighted by atomic mass is 10.0. The van der Waals surface area contributed by atoms with Gasteiger partial charge in [0.25, 0.3) is 0 Å². The van der Waals surface area contributed by atoms with Crippen LogP contribution >= 0.6 is 0 Å². The van der Waals surface area contributed by atoms with Crippen molar-refractivity contribution in [3.8, 4) is 0 Å². The Morgan fingerprint density at radius 3 is 1.92 bits per heavy atom. The molecule has 0 aliphatic heterocycles. The van der Waals surface area contributed by atoms with Gasteiger partial charge in [0.1, 0.15) is 16.5 Å². The number of nitrogens with one attached hydrogen (secondary N) is 2. The van der Waals surface area contributed by atoms with E-state index >= 15 is 0 Å². The van der Waals surface area contributed by atoms with Crippen molar-refractivity contribution in [2.75, 3.05) is 13.7 Å². The van der Waals surface area contributed by atoms with Gasteiger partial charge in [-0.25, -0.2) is 0 Å². The van der Waals surface area contributed by atoms with Gasteiger partial charge >= 0.3 is 0 Å². The minimum atomic E-state index is -1.51. The Bertz CT molecular complexity index is 455. The fourth-order valence-corrected chi connectivity index (χ4v) is 14.4. The summed E-state index contributed by atoms with van der Waals surface area (Å²) >= 11 is 0. The maximum absolute atomic E-state index is 6.25. The third-order valence-corrected chi connectivity index (χ3v) is 15.4. The summed E-state index contributed by atoms with van der Waals surface area (Å²) in [7, 11) is -2.18. The molecule has 0 aromatic heterocycles. The first-order chi connectivity index (χ1) is 11.5. The summed E-state index contributed by atoms with van der Waals surface area (Å²) in [6.07, 6.45) is 2.63. The molecule has 0 aromatic rings. The zero-order chi connectivity index (χ0) is 20.6. The topological polar surface area (TPSA) is 33.3 Å². The quantitative estimate of drug-likeness (QED) is 0.502. The van der Waals surface area contributed by atoms with Gasteiger partial charge in [-0.2, -0.15) is 0 Å². The minimum Gasteiger partial charge on any atom is -0.418 e. The summed E-state index contributed by atoms with van der Waals surface area (Å²) in [5.74, 6) is 1.62. The summed E-state index contributed by atoms with van der Waals surface area (Å²) < 4.78 is 6.25. The molecule has 0 amide bonds. The second kappa shape index (κ2) is 8.49. The molecule has 156 valence electrons. The first-order valence-corrected chi connectivity index (χ1v) is 20.2. The third kappa shape index (κ3) is 6.85. The van der Waals surface area contributed by atoms with Gasteiger partial charge < -0.3 is 14.4 Å². The highest BCUT2D eigenvalue weighted by molar-refractivity contribution is 6.78. The standard InChI is InChI=1S/C20H48N2OSi3/c1-16-18(25(9,10)22-20(2,3)4)15-17(13-14-23-24(6,7)8)19(16)26(11,12)21-5/h16-19,21-22H,13-15H2,1-12H3. The zero-order valence-electron chi connectivity index (χ0n) is 19.8. The summed E-state index contributed by atoms with van der Waals surface area (Å²) in [6.45, 7) is 27.6. The van der Waals surface area contributed by atoms with Gasteiger partial charge in [0.15, 0.2) is 8.32 Å². The molecule has 26 heavy (non-hydrogen) atoms. The molecule has 3 nitrogen and oxygen atoms in total. The largest absolute Gasteiger partial charge is 0.418 e. The molecule has 0 heterocycles. The third-order valence-electron chi connectivity index (χ3n) is 6.39. The average Bonchev–Trinajstić information content (AvgIpc) is 2.73. The van der Waals surface area contributed by atoms with Crippen LogP contribution in [-0.2, 0) is 4.43 Å². The molecular weight excluding hydrogens is 368 g/mol. The second-order valence-corrected chi connectivity index (χ2v) is 25.4. The molecule has 4 unspecified atom stereocenters. The molecule has 1 aliphatic carbocycles. The lowest BCUT2D eigenvalue weighted by molar-refractivity contribution is 0.270. The predicted octanol–water partition coefficient (Wildman–Crippen LogP) is 5.64. The van der Waals surface area contributed by atoms with Crippen LogP contribution in [0.3, 0.4) is 0 Å². The van der Waals surface area contributed by atoms with Crippen LogP contribution in [0, 0.1) is 11.8 Å². The van der Waals surface area contributed by atoms with Crippen LogP contribution in [-0.4, -0.2) is 44.0 Å². The van der Waals surface area contributed by atoms with E-state index in [1.165, 1.54) is 12.8 Å². The molecule has 6 heteroatoms. The molecular formula is C20H48N2OSi3. The van der Waals surface area contributed by atoms with E-state index in [1.54, 1.807) is 0 Å². The van der Waals surface area contributed by atoms with E-state index in [4.69, 9.17) is 4.43 Å². The van der Waals surface area contributed by atoms with Crippen molar-refractivity contribution in [3.05, 3.63) is 0 Å². The Kier molecular flexibility index (Phi) is 8.03. The lowest BCUT2D eigenvalue weighted by Gasteiger charge is -2.42. The summed E-state index contributed by atoms with van der Waals surface area (Å²) in [5.41, 5.74) is 1.90. The van der Waals surface area contributed by atoms with Crippen molar-refractivity contribution < 1.29 is 4.43 Å². The predicted molar refractivity (Wildman–Crippen MR) is 126 cm³/mol. The minimum absolute atomic E-state index is 0.208. The van der Waals surface area contributed by atoms with E-state index in [0.717, 1.165) is 29.5 Å². The first kappa shape index (κ1) is 24.6. The van der Waals surface area contributed by atoms with Gasteiger partial charge in [-0.05, 0) is 83.2 Å². The lowest BCUT2D eigenvalue weighted by Crippen LogP contribution is -2.58. The van der Waals surface area contributed by atoms with E-state index in [1.807, 2.05) is 0 Å². The number of hydrogen-bond donors (Lipinski definition) is 2. The summed E-state index contributed by atoms with van der Waals surface area (Å²) in [5, 5.41) is 0. The van der Waals surface area contributed by atoms with Gasteiger partial charge in [-0.15, -0.1) is 0 Å². The Morgan fingerprint density at radius 1 is 0.962 bits per heavy atom. The van der Waals surface area contributed by atoms with Gasteiger partial charge in [0, 0.05) is 12.1 Å². The van der Waals surface area contributed by atoms with E-state index in [2.05, 4.69) is 90.5 Å². The summed E-state index contributed by atoms with van der Waals surface area (Å²) in [4.78, 5) is 7.84. The molecule has 1 saturated carbocycles. The molecule has 2 N–H and O–H groups in total. The second-order valence-electron chi connectivity index (χ2n) is 11.8. The van der Waals surface area contributed by atoms with Crippen molar-refractivity contribution >= 4 is 24.8 Å². The van der Waals surface area contributed by atoms with Crippen molar-refractivity contribution in [1.29, 1.82) is 0 Å². The molecule has 4 atom stereocenters. The van der Waals surface area contributed by atoms with Crippen LogP contribution in [0.4, 0.5) is 0 Å². The highest BCUT2D eigenvalue weighted by Gasteiger charge is 2.53. The van der Waals surface area contributed by atoms with Crippen molar-refractivity contribution in [3.63, 3.8) is 0 Å². The fourth-order valence-electron chi connectivity index (χ4n) is 5.61. The molecule has 0 radical (unpaired) electrons. The van der Waals surface area contributed by atoms with Gasteiger partial charge in [-0.3, -0.25) is 0 Å². The molecule has 1 aliphatic rings. The van der Waals surface area contributed by atoms with E-state index in [0.29, 0.717) is 0 Å². The molecule has 0 saturated heterocycles. The van der Waals surface area contributed by atoms with Crippen molar-refractivity contribution in [2.24, 2.45) is 11.8 Å². The highest BCUT2D eigenvalue weighted by Crippen LogP contribution is 2.56. The zero-order valence-corrected chi connectivity index (χ0v) is 22.8. The Balaban J connectivity index is 3.01. The molecule has 0 spiro atoms. The van der Waals surface area contributed by atoms with E-state index in [9.17, 15) is 0 Å². The average molecular weight is 417 g/mol. The van der Waals surface area contributed by atoms with Crippen LogP contribution in [0.15, 0.2) is 0 Å². The Hall–Kier alpha value is 0.531. The van der Waals surface area contributed by atoms with Crippen molar-refractivity contribution in [2.45, 2.75) is 103 Å². The molecule has 0 bridgehead atoms. The summed E-state index contributed by atoms with van der Waals surface area (Å²) in [6, 6.07) is 0. The maximum atomic E-state index is 6.25. The van der Waals surface area contributed by atoms with Crippen LogP contribution in [0.1, 0.15) is 40.5 Å². The molecule has 1 rings (SSSR count). The smallest absolute Gasteiger partial charge is 0.183 e. The highest BCUT2D eigenvalue weighted by atomic mass is 28.4. The van der Waals surface area contributed by atoms with Gasteiger partial charge in [-0.1, -0.05) is 33.1 Å². The molecule has 0 aromatic carbocycles. The van der Waals surface area contributed by atoms with Crippen LogP contribution < -0.4 is 9.96 Å². The number of hydrogen-bond acceptors (Lipinski definition) is 3. The monoisotopic (exact) mass is 416 g/mol. The molecule has 1 fully saturated rings. The maximum Gasteiger partial charge on any atom is 0.183 e. The normalized spacial score (nSPS) is 28.6. The number of rotatable bonds is 8. The Morgan fingerprint density at radius 2 is 1.50 bits per heavy atom. The van der Waals surface area contributed by atoms with Crippen LogP contribution in [0.25, 0.3) is 0 Å². The SMILES string of the molecule is CN[Si](C)(C)C1C(CCO[Si](C)(C)C)CC([Si](C)(C)NC(C)(C)C)C1C. The van der Waals surface area contributed by atoms with E-state index < -0.39 is 24.8 Å².